The fourth-order valence-electron chi connectivity index (χ4n) is 2.58. The van der Waals surface area contributed by atoms with Crippen LogP contribution in [0, 0.1) is 13.8 Å². The molecule has 0 fully saturated rings. The minimum absolute atomic E-state index is 0.281. The van der Waals surface area contributed by atoms with E-state index in [-0.39, 0.29) is 11.9 Å². The van der Waals surface area contributed by atoms with Gasteiger partial charge >= 0.3 is 6.03 Å². The van der Waals surface area contributed by atoms with Gasteiger partial charge in [-0.25, -0.2) is 4.79 Å². The van der Waals surface area contributed by atoms with Gasteiger partial charge in [-0.05, 0) is 46.8 Å². The second-order valence-electron chi connectivity index (χ2n) is 6.50. The molecular formula is C18H24N4O3. The molecule has 1 aromatic carbocycles. The molecule has 0 saturated heterocycles. The first-order valence-corrected chi connectivity index (χ1v) is 8.08. The van der Waals surface area contributed by atoms with E-state index >= 15 is 0 Å². The second kappa shape index (κ2) is 7.38. The van der Waals surface area contributed by atoms with Crippen molar-refractivity contribution in [3.05, 3.63) is 47.3 Å². The van der Waals surface area contributed by atoms with E-state index in [4.69, 9.17) is 4.52 Å². The second-order valence-corrected chi connectivity index (χ2v) is 6.50. The minimum Gasteiger partial charge on any atom is -0.361 e. The SMILES string of the molecule is Cc1noc(C)c1[C@@H](C)NC(=O)C(C)(C)NC(=O)Nc1ccccc1. The number of amides is 3. The number of nitrogens with zero attached hydrogens (tertiary/aromatic N) is 1. The molecule has 7 heteroatoms. The third-order valence-electron chi connectivity index (χ3n) is 3.89. The van der Waals surface area contributed by atoms with Crippen LogP contribution in [0.15, 0.2) is 34.9 Å². The van der Waals surface area contributed by atoms with Crippen LogP contribution in [-0.4, -0.2) is 22.6 Å². The lowest BCUT2D eigenvalue weighted by molar-refractivity contribution is -0.126. The summed E-state index contributed by atoms with van der Waals surface area (Å²) in [6.07, 6.45) is 0. The number of nitrogens with one attached hydrogen (secondary N) is 3. The van der Waals surface area contributed by atoms with Crippen molar-refractivity contribution in [1.82, 2.24) is 15.8 Å². The Hall–Kier alpha value is -2.83. The van der Waals surface area contributed by atoms with E-state index in [1.54, 1.807) is 32.9 Å². The number of aromatic nitrogens is 1. The van der Waals surface area contributed by atoms with Crippen molar-refractivity contribution < 1.29 is 14.1 Å². The van der Waals surface area contributed by atoms with Crippen LogP contribution in [0.4, 0.5) is 10.5 Å². The van der Waals surface area contributed by atoms with Gasteiger partial charge in [-0.3, -0.25) is 4.79 Å². The Balaban J connectivity index is 1.98. The molecule has 3 N–H and O–H groups in total. The highest BCUT2D eigenvalue weighted by atomic mass is 16.5. The molecule has 0 spiro atoms. The topological polar surface area (TPSA) is 96.3 Å². The molecule has 25 heavy (non-hydrogen) atoms. The Kier molecular flexibility index (Phi) is 5.46. The zero-order valence-electron chi connectivity index (χ0n) is 15.1. The summed E-state index contributed by atoms with van der Waals surface area (Å²) in [6.45, 7) is 8.77. The summed E-state index contributed by atoms with van der Waals surface area (Å²) in [5.74, 6) is 0.362. The maximum absolute atomic E-state index is 12.6. The lowest BCUT2D eigenvalue weighted by Crippen LogP contribution is -2.56. The van der Waals surface area contributed by atoms with Gasteiger partial charge in [0.1, 0.15) is 11.3 Å². The van der Waals surface area contributed by atoms with Gasteiger partial charge in [-0.15, -0.1) is 0 Å². The van der Waals surface area contributed by atoms with Crippen molar-refractivity contribution in [2.75, 3.05) is 5.32 Å². The molecule has 0 aliphatic rings. The van der Waals surface area contributed by atoms with Crippen molar-refractivity contribution in [2.24, 2.45) is 0 Å². The lowest BCUT2D eigenvalue weighted by atomic mass is 10.0. The Bertz CT molecular complexity index is 733. The summed E-state index contributed by atoms with van der Waals surface area (Å²) in [6, 6.07) is 8.31. The molecule has 0 unspecified atom stereocenters. The van der Waals surface area contributed by atoms with E-state index in [1.807, 2.05) is 32.0 Å². The normalized spacial score (nSPS) is 12.4. The van der Waals surface area contributed by atoms with Gasteiger partial charge in [-0.1, -0.05) is 23.4 Å². The van der Waals surface area contributed by atoms with Crippen LogP contribution in [0.3, 0.4) is 0 Å². The quantitative estimate of drug-likeness (QED) is 0.776. The van der Waals surface area contributed by atoms with Crippen molar-refractivity contribution in [2.45, 2.75) is 46.2 Å². The zero-order chi connectivity index (χ0) is 18.6. The fraction of sp³-hybridized carbons (Fsp3) is 0.389. The number of para-hydroxylation sites is 1. The van der Waals surface area contributed by atoms with E-state index in [0.717, 1.165) is 11.3 Å². The van der Waals surface area contributed by atoms with Crippen LogP contribution in [-0.2, 0) is 4.79 Å². The number of carbonyl (C=O) groups is 2. The Morgan fingerprint density at radius 2 is 1.80 bits per heavy atom. The summed E-state index contributed by atoms with van der Waals surface area (Å²) >= 11 is 0. The number of rotatable bonds is 5. The van der Waals surface area contributed by atoms with Crippen LogP contribution in [0.1, 0.15) is 43.8 Å². The highest BCUT2D eigenvalue weighted by Crippen LogP contribution is 2.21. The summed E-state index contributed by atoms with van der Waals surface area (Å²) in [4.78, 5) is 24.7. The molecule has 1 heterocycles. The largest absolute Gasteiger partial charge is 0.361 e. The summed E-state index contributed by atoms with van der Waals surface area (Å²) < 4.78 is 5.13. The van der Waals surface area contributed by atoms with Crippen molar-refractivity contribution in [1.29, 1.82) is 0 Å². The van der Waals surface area contributed by atoms with Gasteiger partial charge in [0.2, 0.25) is 5.91 Å². The summed E-state index contributed by atoms with van der Waals surface area (Å²) in [7, 11) is 0. The number of aryl methyl sites for hydroxylation is 2. The molecule has 134 valence electrons. The molecule has 0 radical (unpaired) electrons. The smallest absolute Gasteiger partial charge is 0.320 e. The lowest BCUT2D eigenvalue weighted by Gasteiger charge is -2.27. The van der Waals surface area contributed by atoms with Crippen molar-refractivity contribution in [3.8, 4) is 0 Å². The van der Waals surface area contributed by atoms with Gasteiger partial charge in [0.25, 0.3) is 0 Å². The first kappa shape index (κ1) is 18.5. The van der Waals surface area contributed by atoms with Gasteiger partial charge in [0, 0.05) is 11.3 Å². The first-order chi connectivity index (χ1) is 11.7. The molecule has 1 atom stereocenters. The molecule has 2 aromatic rings. The summed E-state index contributed by atoms with van der Waals surface area (Å²) in [5.41, 5.74) is 1.14. The fourth-order valence-corrected chi connectivity index (χ4v) is 2.58. The number of carbonyl (C=O) groups excluding carboxylic acids is 2. The van der Waals surface area contributed by atoms with Crippen LogP contribution >= 0.6 is 0 Å². The van der Waals surface area contributed by atoms with E-state index in [9.17, 15) is 9.59 Å². The van der Waals surface area contributed by atoms with Crippen LogP contribution < -0.4 is 16.0 Å². The molecule has 0 bridgehead atoms. The number of urea groups is 1. The van der Waals surface area contributed by atoms with Gasteiger partial charge < -0.3 is 20.5 Å². The molecule has 0 aliphatic carbocycles. The molecule has 0 aliphatic heterocycles. The minimum atomic E-state index is -1.09. The van der Waals surface area contributed by atoms with Crippen LogP contribution in [0.5, 0.6) is 0 Å². The molecule has 3 amide bonds. The van der Waals surface area contributed by atoms with E-state index in [1.165, 1.54) is 0 Å². The Labute approximate surface area is 147 Å². The first-order valence-electron chi connectivity index (χ1n) is 8.08. The van der Waals surface area contributed by atoms with Crippen molar-refractivity contribution >= 4 is 17.6 Å². The Morgan fingerprint density at radius 3 is 2.36 bits per heavy atom. The van der Waals surface area contributed by atoms with E-state index in [2.05, 4.69) is 21.1 Å². The highest BCUT2D eigenvalue weighted by molar-refractivity contribution is 5.95. The number of anilines is 1. The molecular weight excluding hydrogens is 320 g/mol. The zero-order valence-corrected chi connectivity index (χ0v) is 15.1. The third-order valence-corrected chi connectivity index (χ3v) is 3.89. The van der Waals surface area contributed by atoms with Crippen LogP contribution in [0.2, 0.25) is 0 Å². The molecule has 7 nitrogen and oxygen atoms in total. The monoisotopic (exact) mass is 344 g/mol. The highest BCUT2D eigenvalue weighted by Gasteiger charge is 2.31. The molecule has 1 aromatic heterocycles. The average molecular weight is 344 g/mol. The summed E-state index contributed by atoms with van der Waals surface area (Å²) in [5, 5.41) is 12.2. The van der Waals surface area contributed by atoms with Crippen LogP contribution in [0.25, 0.3) is 0 Å². The predicted octanol–water partition coefficient (Wildman–Crippen LogP) is 3.07. The van der Waals surface area contributed by atoms with Gasteiger partial charge in [0.15, 0.2) is 0 Å². The van der Waals surface area contributed by atoms with Crippen molar-refractivity contribution in [3.63, 3.8) is 0 Å². The van der Waals surface area contributed by atoms with E-state index < -0.39 is 11.6 Å². The van der Waals surface area contributed by atoms with Gasteiger partial charge in [-0.2, -0.15) is 0 Å². The predicted molar refractivity (Wildman–Crippen MR) is 95.2 cm³/mol. The number of hydrogen-bond acceptors (Lipinski definition) is 4. The molecule has 2 rings (SSSR count). The Morgan fingerprint density at radius 1 is 1.16 bits per heavy atom. The molecule has 0 saturated carbocycles. The maximum atomic E-state index is 12.6. The number of hydrogen-bond donors (Lipinski definition) is 3. The average Bonchev–Trinajstić information content (AvgIpc) is 2.86. The van der Waals surface area contributed by atoms with E-state index in [0.29, 0.717) is 11.4 Å². The third kappa shape index (κ3) is 4.59. The maximum Gasteiger partial charge on any atom is 0.320 e. The van der Waals surface area contributed by atoms with Gasteiger partial charge in [0.05, 0.1) is 11.7 Å². The standard InChI is InChI=1S/C18H24N4O3/c1-11(15-12(2)22-25-13(15)3)19-16(23)18(4,5)21-17(24)20-14-9-7-6-8-10-14/h6-11H,1-5H3,(H,19,23)(H2,20,21,24)/t11-/m1/s1. The number of benzene rings is 1.